The van der Waals surface area contributed by atoms with E-state index in [0.29, 0.717) is 11.9 Å². The maximum absolute atomic E-state index is 5.39. The Kier molecular flexibility index (Phi) is 5.00. The number of ether oxygens (including phenoxy) is 1. The summed E-state index contributed by atoms with van der Waals surface area (Å²) in [5.74, 6) is 1.45. The monoisotopic (exact) mass is 307 g/mol. The molecule has 0 radical (unpaired) electrons. The molecule has 0 aromatic carbocycles. The minimum Gasteiger partial charge on any atom is -0.381 e. The van der Waals surface area contributed by atoms with Crippen LogP contribution in [0.4, 0.5) is 0 Å². The average molecular weight is 307 g/mol. The molecule has 0 bridgehead atoms. The van der Waals surface area contributed by atoms with E-state index in [1.54, 1.807) is 18.4 Å². The van der Waals surface area contributed by atoms with Crippen molar-refractivity contribution in [1.29, 1.82) is 0 Å². The number of methoxy groups -OCH3 is 1. The van der Waals surface area contributed by atoms with Gasteiger partial charge in [0, 0.05) is 26.6 Å². The fourth-order valence-electron chi connectivity index (χ4n) is 2.68. The SMILES string of the molecule is COC1CCN(CCCc2nc(-c3cccs3)no2)CC1. The molecule has 5 nitrogen and oxygen atoms in total. The Hall–Kier alpha value is -1.24. The summed E-state index contributed by atoms with van der Waals surface area (Å²) < 4.78 is 10.7. The molecule has 0 spiro atoms. The molecular formula is C15H21N3O2S. The summed E-state index contributed by atoms with van der Waals surface area (Å²) in [6.07, 6.45) is 4.64. The van der Waals surface area contributed by atoms with Gasteiger partial charge in [0.1, 0.15) is 0 Å². The van der Waals surface area contributed by atoms with Crippen LogP contribution in [0.2, 0.25) is 0 Å². The zero-order chi connectivity index (χ0) is 14.5. The van der Waals surface area contributed by atoms with E-state index in [2.05, 4.69) is 15.0 Å². The second kappa shape index (κ2) is 7.15. The van der Waals surface area contributed by atoms with Crippen LogP contribution in [0.1, 0.15) is 25.2 Å². The van der Waals surface area contributed by atoms with Crippen LogP contribution in [0, 0.1) is 0 Å². The second-order valence-electron chi connectivity index (χ2n) is 5.37. The van der Waals surface area contributed by atoms with Crippen LogP contribution in [-0.2, 0) is 11.2 Å². The van der Waals surface area contributed by atoms with Gasteiger partial charge in [0.15, 0.2) is 0 Å². The standard InChI is InChI=1S/C15H21N3O2S/c1-19-12-6-9-18(10-7-12)8-2-5-14-16-15(17-20-14)13-4-3-11-21-13/h3-4,11-12H,2,5-10H2,1H3. The molecule has 2 aromatic heterocycles. The molecule has 0 unspecified atom stereocenters. The summed E-state index contributed by atoms with van der Waals surface area (Å²) in [6, 6.07) is 4.01. The Bertz CT molecular complexity index is 533. The number of rotatable bonds is 6. The summed E-state index contributed by atoms with van der Waals surface area (Å²) in [6.45, 7) is 3.35. The van der Waals surface area contributed by atoms with E-state index in [1.165, 1.54) is 0 Å². The first-order chi connectivity index (χ1) is 10.3. The van der Waals surface area contributed by atoms with Gasteiger partial charge in [0.05, 0.1) is 11.0 Å². The highest BCUT2D eigenvalue weighted by Crippen LogP contribution is 2.21. The van der Waals surface area contributed by atoms with E-state index in [-0.39, 0.29) is 0 Å². The van der Waals surface area contributed by atoms with E-state index in [4.69, 9.17) is 9.26 Å². The molecule has 6 heteroatoms. The fraction of sp³-hybridized carbons (Fsp3) is 0.600. The number of aryl methyl sites for hydroxylation is 1. The Balaban J connectivity index is 1.42. The Labute approximate surface area is 128 Å². The predicted octanol–water partition coefficient (Wildman–Crippen LogP) is 2.84. The molecule has 114 valence electrons. The lowest BCUT2D eigenvalue weighted by atomic mass is 10.1. The van der Waals surface area contributed by atoms with Crippen LogP contribution >= 0.6 is 11.3 Å². The number of hydrogen-bond acceptors (Lipinski definition) is 6. The quantitative estimate of drug-likeness (QED) is 0.821. The van der Waals surface area contributed by atoms with Crippen LogP contribution in [0.5, 0.6) is 0 Å². The van der Waals surface area contributed by atoms with E-state index in [9.17, 15) is 0 Å². The first kappa shape index (κ1) is 14.7. The van der Waals surface area contributed by atoms with Crippen molar-refractivity contribution in [2.45, 2.75) is 31.8 Å². The summed E-state index contributed by atoms with van der Waals surface area (Å²) >= 11 is 1.63. The average Bonchev–Trinajstić information content (AvgIpc) is 3.19. The van der Waals surface area contributed by atoms with Crippen molar-refractivity contribution in [3.05, 3.63) is 23.4 Å². The van der Waals surface area contributed by atoms with E-state index < -0.39 is 0 Å². The number of hydrogen-bond donors (Lipinski definition) is 0. The Morgan fingerprint density at radius 2 is 2.29 bits per heavy atom. The maximum atomic E-state index is 5.39. The van der Waals surface area contributed by atoms with E-state index in [0.717, 1.165) is 56.1 Å². The first-order valence-corrected chi connectivity index (χ1v) is 8.35. The zero-order valence-corrected chi connectivity index (χ0v) is 13.1. The van der Waals surface area contributed by atoms with Gasteiger partial charge in [0.25, 0.3) is 0 Å². The molecule has 1 aliphatic heterocycles. The lowest BCUT2D eigenvalue weighted by molar-refractivity contribution is 0.0407. The molecule has 1 saturated heterocycles. The molecule has 3 heterocycles. The Morgan fingerprint density at radius 3 is 3.00 bits per heavy atom. The minimum atomic E-state index is 0.450. The molecule has 3 rings (SSSR count). The largest absolute Gasteiger partial charge is 0.381 e. The molecule has 0 atom stereocenters. The molecule has 0 aliphatic carbocycles. The van der Waals surface area contributed by atoms with Crippen molar-refractivity contribution in [2.75, 3.05) is 26.7 Å². The van der Waals surface area contributed by atoms with Crippen LogP contribution in [0.25, 0.3) is 10.7 Å². The third-order valence-electron chi connectivity index (χ3n) is 3.94. The van der Waals surface area contributed by atoms with Crippen molar-refractivity contribution >= 4 is 11.3 Å². The van der Waals surface area contributed by atoms with Gasteiger partial charge in [-0.1, -0.05) is 11.2 Å². The minimum absolute atomic E-state index is 0.450. The molecule has 1 fully saturated rings. The van der Waals surface area contributed by atoms with Crippen molar-refractivity contribution in [1.82, 2.24) is 15.0 Å². The summed E-state index contributed by atoms with van der Waals surface area (Å²) in [7, 11) is 1.81. The van der Waals surface area contributed by atoms with Gasteiger partial charge in [-0.15, -0.1) is 11.3 Å². The molecular weight excluding hydrogens is 286 g/mol. The molecule has 0 N–H and O–H groups in total. The number of nitrogens with zero attached hydrogens (tertiary/aromatic N) is 3. The van der Waals surface area contributed by atoms with Gasteiger partial charge in [-0.3, -0.25) is 0 Å². The second-order valence-corrected chi connectivity index (χ2v) is 6.32. The third-order valence-corrected chi connectivity index (χ3v) is 4.81. The van der Waals surface area contributed by atoms with Crippen LogP contribution < -0.4 is 0 Å². The number of aromatic nitrogens is 2. The van der Waals surface area contributed by atoms with Crippen molar-refractivity contribution < 1.29 is 9.26 Å². The van der Waals surface area contributed by atoms with Gasteiger partial charge in [0.2, 0.25) is 11.7 Å². The highest BCUT2D eigenvalue weighted by molar-refractivity contribution is 7.13. The molecule has 0 amide bonds. The zero-order valence-electron chi connectivity index (χ0n) is 12.3. The predicted molar refractivity (Wildman–Crippen MR) is 82.4 cm³/mol. The van der Waals surface area contributed by atoms with Crippen LogP contribution in [0.15, 0.2) is 22.0 Å². The van der Waals surface area contributed by atoms with Gasteiger partial charge < -0.3 is 14.2 Å². The fourth-order valence-corrected chi connectivity index (χ4v) is 3.33. The van der Waals surface area contributed by atoms with Gasteiger partial charge in [-0.25, -0.2) is 0 Å². The number of piperidine rings is 1. The van der Waals surface area contributed by atoms with Gasteiger partial charge >= 0.3 is 0 Å². The van der Waals surface area contributed by atoms with Crippen LogP contribution in [0.3, 0.4) is 0 Å². The summed E-state index contributed by atoms with van der Waals surface area (Å²) in [4.78, 5) is 8.01. The normalized spacial score (nSPS) is 17.4. The van der Waals surface area contributed by atoms with Crippen LogP contribution in [-0.4, -0.2) is 47.9 Å². The van der Waals surface area contributed by atoms with Gasteiger partial charge in [-0.2, -0.15) is 4.98 Å². The lowest BCUT2D eigenvalue weighted by Crippen LogP contribution is -2.37. The third kappa shape index (κ3) is 3.90. The smallest absolute Gasteiger partial charge is 0.227 e. The van der Waals surface area contributed by atoms with E-state index in [1.807, 2.05) is 17.5 Å². The van der Waals surface area contributed by atoms with Crippen molar-refractivity contribution in [3.8, 4) is 10.7 Å². The highest BCUT2D eigenvalue weighted by Gasteiger charge is 2.18. The molecule has 21 heavy (non-hydrogen) atoms. The summed E-state index contributed by atoms with van der Waals surface area (Å²) in [5.41, 5.74) is 0. The molecule has 2 aromatic rings. The summed E-state index contributed by atoms with van der Waals surface area (Å²) in [5, 5.41) is 6.06. The number of thiophene rings is 1. The maximum Gasteiger partial charge on any atom is 0.227 e. The topological polar surface area (TPSA) is 51.4 Å². The van der Waals surface area contributed by atoms with Gasteiger partial charge in [-0.05, 0) is 37.3 Å². The molecule has 1 aliphatic rings. The lowest BCUT2D eigenvalue weighted by Gasteiger charge is -2.30. The molecule has 0 saturated carbocycles. The van der Waals surface area contributed by atoms with Crippen molar-refractivity contribution in [2.24, 2.45) is 0 Å². The number of likely N-dealkylation sites (tertiary alicyclic amines) is 1. The highest BCUT2D eigenvalue weighted by atomic mass is 32.1. The Morgan fingerprint density at radius 1 is 1.43 bits per heavy atom. The van der Waals surface area contributed by atoms with Crippen molar-refractivity contribution in [3.63, 3.8) is 0 Å². The van der Waals surface area contributed by atoms with E-state index >= 15 is 0 Å². The first-order valence-electron chi connectivity index (χ1n) is 7.47.